The SMILES string of the molecule is Cc1ccc(Sc2ncnc3nc[nH]c23)c(C#N)c1. The highest BCUT2D eigenvalue weighted by Crippen LogP contribution is 2.32. The molecule has 92 valence electrons. The van der Waals surface area contributed by atoms with Crippen molar-refractivity contribution in [1.29, 1.82) is 5.26 Å². The van der Waals surface area contributed by atoms with Gasteiger partial charge in [-0.1, -0.05) is 17.8 Å². The lowest BCUT2D eigenvalue weighted by Gasteiger charge is -2.04. The van der Waals surface area contributed by atoms with Gasteiger partial charge in [-0.25, -0.2) is 15.0 Å². The Bertz CT molecular complexity index is 787. The number of hydrogen-bond acceptors (Lipinski definition) is 5. The van der Waals surface area contributed by atoms with E-state index in [1.165, 1.54) is 18.1 Å². The minimum atomic E-state index is 0.628. The molecule has 0 atom stereocenters. The van der Waals surface area contributed by atoms with E-state index in [1.807, 2.05) is 25.1 Å². The Balaban J connectivity index is 2.06. The molecule has 0 aliphatic carbocycles. The fraction of sp³-hybridized carbons (Fsp3) is 0.0769. The zero-order chi connectivity index (χ0) is 13.2. The first-order valence-corrected chi connectivity index (χ1v) is 6.42. The van der Waals surface area contributed by atoms with Gasteiger partial charge in [0.2, 0.25) is 0 Å². The molecule has 0 fully saturated rings. The first kappa shape index (κ1) is 11.7. The van der Waals surface area contributed by atoms with E-state index in [0.717, 1.165) is 21.0 Å². The van der Waals surface area contributed by atoms with Crippen molar-refractivity contribution < 1.29 is 0 Å². The summed E-state index contributed by atoms with van der Waals surface area (Å²) in [6.45, 7) is 1.97. The van der Waals surface area contributed by atoms with E-state index < -0.39 is 0 Å². The largest absolute Gasteiger partial charge is 0.341 e. The molecule has 0 radical (unpaired) electrons. The third kappa shape index (κ3) is 2.16. The molecule has 1 N–H and O–H groups in total. The van der Waals surface area contributed by atoms with Crippen molar-refractivity contribution in [2.24, 2.45) is 0 Å². The summed E-state index contributed by atoms with van der Waals surface area (Å²) >= 11 is 1.44. The Kier molecular flexibility index (Phi) is 2.89. The zero-order valence-electron chi connectivity index (χ0n) is 10.1. The highest BCUT2D eigenvalue weighted by atomic mass is 32.2. The maximum atomic E-state index is 9.18. The van der Waals surface area contributed by atoms with Gasteiger partial charge in [0.1, 0.15) is 22.9 Å². The van der Waals surface area contributed by atoms with Gasteiger partial charge in [0.15, 0.2) is 5.65 Å². The molecule has 2 aromatic heterocycles. The maximum absolute atomic E-state index is 9.18. The number of aryl methyl sites for hydroxylation is 1. The number of rotatable bonds is 2. The lowest BCUT2D eigenvalue weighted by molar-refractivity contribution is 1.08. The number of imidazole rings is 1. The Hall–Kier alpha value is -2.39. The number of benzene rings is 1. The number of fused-ring (bicyclic) bond motifs is 1. The highest BCUT2D eigenvalue weighted by Gasteiger charge is 2.10. The van der Waals surface area contributed by atoms with Crippen LogP contribution in [-0.4, -0.2) is 19.9 Å². The van der Waals surface area contributed by atoms with E-state index in [0.29, 0.717) is 11.2 Å². The van der Waals surface area contributed by atoms with Crippen LogP contribution < -0.4 is 0 Å². The van der Waals surface area contributed by atoms with Crippen molar-refractivity contribution in [3.8, 4) is 6.07 Å². The van der Waals surface area contributed by atoms with Gasteiger partial charge < -0.3 is 4.98 Å². The molecule has 1 aromatic carbocycles. The molecule has 3 aromatic rings. The van der Waals surface area contributed by atoms with Gasteiger partial charge in [0, 0.05) is 4.90 Å². The molecule has 0 amide bonds. The summed E-state index contributed by atoms with van der Waals surface area (Å²) in [5, 5.41) is 9.94. The molecule has 5 nitrogen and oxygen atoms in total. The van der Waals surface area contributed by atoms with Crippen molar-refractivity contribution >= 4 is 22.9 Å². The molecule has 6 heteroatoms. The van der Waals surface area contributed by atoms with Crippen LogP contribution in [0.1, 0.15) is 11.1 Å². The van der Waals surface area contributed by atoms with Crippen molar-refractivity contribution in [3.63, 3.8) is 0 Å². The fourth-order valence-corrected chi connectivity index (χ4v) is 2.66. The average Bonchev–Trinajstić information content (AvgIpc) is 2.90. The van der Waals surface area contributed by atoms with Crippen LogP contribution in [0.15, 0.2) is 40.8 Å². The molecular formula is C13H9N5S. The van der Waals surface area contributed by atoms with Crippen LogP contribution in [-0.2, 0) is 0 Å². The van der Waals surface area contributed by atoms with E-state index in [9.17, 15) is 5.26 Å². The van der Waals surface area contributed by atoms with Crippen LogP contribution in [0.25, 0.3) is 11.2 Å². The lowest BCUT2D eigenvalue weighted by Crippen LogP contribution is -1.88. The molecule has 0 aliphatic rings. The highest BCUT2D eigenvalue weighted by molar-refractivity contribution is 7.99. The first-order valence-electron chi connectivity index (χ1n) is 5.60. The average molecular weight is 267 g/mol. The van der Waals surface area contributed by atoms with Crippen LogP contribution in [0.4, 0.5) is 0 Å². The smallest absolute Gasteiger partial charge is 0.181 e. The summed E-state index contributed by atoms with van der Waals surface area (Å²) in [4.78, 5) is 16.3. The predicted octanol–water partition coefficient (Wildman–Crippen LogP) is 2.68. The Morgan fingerprint density at radius 1 is 1.26 bits per heavy atom. The van der Waals surface area contributed by atoms with Gasteiger partial charge in [0.05, 0.1) is 11.9 Å². The van der Waals surface area contributed by atoms with Crippen LogP contribution in [0.2, 0.25) is 0 Å². The molecule has 0 saturated carbocycles. The van der Waals surface area contributed by atoms with Crippen LogP contribution in [0.5, 0.6) is 0 Å². The molecule has 0 saturated heterocycles. The summed E-state index contributed by atoms with van der Waals surface area (Å²) in [5.74, 6) is 0. The number of aromatic nitrogens is 4. The van der Waals surface area contributed by atoms with E-state index in [1.54, 1.807) is 6.33 Å². The number of H-pyrrole nitrogens is 1. The normalized spacial score (nSPS) is 10.5. The number of nitrogens with one attached hydrogen (secondary N) is 1. The van der Waals surface area contributed by atoms with E-state index in [2.05, 4.69) is 26.0 Å². The summed E-state index contributed by atoms with van der Waals surface area (Å²) < 4.78 is 0. The third-order valence-corrected chi connectivity index (χ3v) is 3.73. The Labute approximate surface area is 113 Å². The van der Waals surface area contributed by atoms with Gasteiger partial charge >= 0.3 is 0 Å². The monoisotopic (exact) mass is 267 g/mol. The summed E-state index contributed by atoms with van der Waals surface area (Å²) in [7, 11) is 0. The van der Waals surface area contributed by atoms with Gasteiger partial charge in [-0.3, -0.25) is 0 Å². The summed E-state index contributed by atoms with van der Waals surface area (Å²) in [6.07, 6.45) is 3.06. The summed E-state index contributed by atoms with van der Waals surface area (Å²) in [6, 6.07) is 7.99. The second-order valence-electron chi connectivity index (χ2n) is 3.99. The molecule has 0 spiro atoms. The standard InChI is InChI=1S/C13H9N5S/c1-8-2-3-10(9(4-8)5-14)19-13-11-12(16-6-15-11)17-7-18-13/h2-4,6-7H,1H3,(H,15,16,17,18). The van der Waals surface area contributed by atoms with Crippen LogP contribution in [0.3, 0.4) is 0 Å². The molecule has 3 rings (SSSR count). The topological polar surface area (TPSA) is 78.2 Å². The van der Waals surface area contributed by atoms with Crippen molar-refractivity contribution in [2.45, 2.75) is 16.8 Å². The van der Waals surface area contributed by atoms with Gasteiger partial charge in [-0.05, 0) is 24.6 Å². The first-order chi connectivity index (χ1) is 9.28. The number of nitriles is 1. The van der Waals surface area contributed by atoms with Gasteiger partial charge in [-0.15, -0.1) is 0 Å². The Morgan fingerprint density at radius 2 is 2.16 bits per heavy atom. The zero-order valence-corrected chi connectivity index (χ0v) is 10.9. The molecule has 0 unspecified atom stereocenters. The molecule has 2 heterocycles. The molecule has 0 aliphatic heterocycles. The minimum absolute atomic E-state index is 0.628. The Morgan fingerprint density at radius 3 is 3.00 bits per heavy atom. The van der Waals surface area contributed by atoms with E-state index in [-0.39, 0.29) is 0 Å². The van der Waals surface area contributed by atoms with Gasteiger partial charge in [-0.2, -0.15) is 5.26 Å². The van der Waals surface area contributed by atoms with Gasteiger partial charge in [0.25, 0.3) is 0 Å². The summed E-state index contributed by atoms with van der Waals surface area (Å²) in [5.41, 5.74) is 3.13. The predicted molar refractivity (Wildman–Crippen MR) is 71.7 cm³/mol. The van der Waals surface area contributed by atoms with Crippen molar-refractivity contribution in [1.82, 2.24) is 19.9 Å². The van der Waals surface area contributed by atoms with Crippen molar-refractivity contribution in [2.75, 3.05) is 0 Å². The number of aromatic amines is 1. The third-order valence-electron chi connectivity index (χ3n) is 2.65. The second kappa shape index (κ2) is 4.71. The molecule has 0 bridgehead atoms. The van der Waals surface area contributed by atoms with Crippen LogP contribution >= 0.6 is 11.8 Å². The number of hydrogen-bond donors (Lipinski definition) is 1. The van der Waals surface area contributed by atoms with Crippen LogP contribution in [0, 0.1) is 18.3 Å². The minimum Gasteiger partial charge on any atom is -0.341 e. The number of nitrogens with zero attached hydrogens (tertiary/aromatic N) is 4. The second-order valence-corrected chi connectivity index (χ2v) is 5.02. The van der Waals surface area contributed by atoms with E-state index >= 15 is 0 Å². The maximum Gasteiger partial charge on any atom is 0.181 e. The molecule has 19 heavy (non-hydrogen) atoms. The van der Waals surface area contributed by atoms with Crippen molar-refractivity contribution in [3.05, 3.63) is 42.0 Å². The molecular weight excluding hydrogens is 258 g/mol. The fourth-order valence-electron chi connectivity index (χ4n) is 1.74. The van der Waals surface area contributed by atoms with E-state index in [4.69, 9.17) is 0 Å². The quantitative estimate of drug-likeness (QED) is 0.722. The lowest BCUT2D eigenvalue weighted by atomic mass is 10.2.